The number of fused-ring (bicyclic) bond motifs is 1. The Kier molecular flexibility index (Phi) is 3.27. The smallest absolute Gasteiger partial charge is 0.142 e. The second kappa shape index (κ2) is 5.57. The normalized spacial score (nSPS) is 10.8. The van der Waals surface area contributed by atoms with Crippen molar-refractivity contribution in [1.82, 2.24) is 9.97 Å². The summed E-state index contributed by atoms with van der Waals surface area (Å²) in [5.74, 6) is 1.69. The van der Waals surface area contributed by atoms with Gasteiger partial charge in [0, 0.05) is 0 Å². The number of rotatable bonds is 3. The molecule has 0 aliphatic rings. The molecule has 0 spiro atoms. The highest BCUT2D eigenvalue weighted by molar-refractivity contribution is 5.80. The second-order valence-electron chi connectivity index (χ2n) is 5.15. The zero-order valence-electron chi connectivity index (χ0n) is 12.2. The number of nitrogens with one attached hydrogen (secondary N) is 1. The van der Waals surface area contributed by atoms with Gasteiger partial charge in [0.15, 0.2) is 0 Å². The lowest BCUT2D eigenvalue weighted by Crippen LogP contribution is -1.89. The minimum atomic E-state index is -0.289. The van der Waals surface area contributed by atoms with Crippen LogP contribution in [0.5, 0.6) is 11.5 Å². The highest BCUT2D eigenvalue weighted by Crippen LogP contribution is 2.32. The fourth-order valence-corrected chi connectivity index (χ4v) is 2.46. The molecule has 112 valence electrons. The number of hydrogen-bond donors (Lipinski definition) is 1. The van der Waals surface area contributed by atoms with Gasteiger partial charge in [-0.25, -0.2) is 9.37 Å². The van der Waals surface area contributed by atoms with Crippen molar-refractivity contribution in [2.45, 2.75) is 0 Å². The van der Waals surface area contributed by atoms with Crippen molar-refractivity contribution in [2.24, 2.45) is 0 Å². The zero-order chi connectivity index (χ0) is 15.6. The summed E-state index contributed by atoms with van der Waals surface area (Å²) in [6.45, 7) is 0. The number of halogens is 1. The first-order chi connectivity index (χ1) is 11.3. The minimum Gasteiger partial charge on any atom is -0.457 e. The molecule has 0 bridgehead atoms. The van der Waals surface area contributed by atoms with Gasteiger partial charge in [0.2, 0.25) is 0 Å². The Balaban J connectivity index is 1.75. The number of imidazole rings is 1. The summed E-state index contributed by atoms with van der Waals surface area (Å²) in [5, 5.41) is 0. The Morgan fingerprint density at radius 3 is 2.39 bits per heavy atom. The summed E-state index contributed by atoms with van der Waals surface area (Å²) >= 11 is 0. The maximum atomic E-state index is 13.0. The highest BCUT2D eigenvalue weighted by atomic mass is 19.1. The van der Waals surface area contributed by atoms with E-state index in [1.165, 1.54) is 12.1 Å². The minimum absolute atomic E-state index is 0.289. The molecule has 0 amide bonds. The average Bonchev–Trinajstić information content (AvgIpc) is 3.01. The van der Waals surface area contributed by atoms with Crippen LogP contribution >= 0.6 is 0 Å². The van der Waals surface area contributed by atoms with Gasteiger partial charge in [-0.15, -0.1) is 0 Å². The lowest BCUT2D eigenvalue weighted by molar-refractivity contribution is 0.482. The average molecular weight is 304 g/mol. The molecular formula is C19H13FN2O. The standard InChI is InChI=1S/C19H13FN2O/c20-13-9-11-14(12-10-13)23-18-8-4-1-5-15(18)19-21-16-6-2-3-7-17(16)22-19/h1-12H,(H,21,22). The number of benzene rings is 3. The first kappa shape index (κ1) is 13.5. The van der Waals surface area contributed by atoms with Crippen molar-refractivity contribution in [3.63, 3.8) is 0 Å². The van der Waals surface area contributed by atoms with Gasteiger partial charge in [0.1, 0.15) is 23.1 Å². The van der Waals surface area contributed by atoms with Crippen LogP contribution in [0.25, 0.3) is 22.4 Å². The summed E-state index contributed by atoms with van der Waals surface area (Å²) in [7, 11) is 0. The Labute approximate surface area is 132 Å². The van der Waals surface area contributed by atoms with Gasteiger partial charge in [-0.05, 0) is 48.5 Å². The Bertz CT molecular complexity index is 927. The largest absolute Gasteiger partial charge is 0.457 e. The van der Waals surface area contributed by atoms with E-state index in [1.807, 2.05) is 48.5 Å². The van der Waals surface area contributed by atoms with Crippen LogP contribution in [0.2, 0.25) is 0 Å². The van der Waals surface area contributed by atoms with E-state index in [9.17, 15) is 4.39 Å². The summed E-state index contributed by atoms with van der Waals surface area (Å²) in [6, 6.07) is 21.4. The van der Waals surface area contributed by atoms with E-state index in [2.05, 4.69) is 9.97 Å². The van der Waals surface area contributed by atoms with Crippen molar-refractivity contribution in [3.05, 3.63) is 78.6 Å². The topological polar surface area (TPSA) is 37.9 Å². The molecular weight excluding hydrogens is 291 g/mol. The van der Waals surface area contributed by atoms with Gasteiger partial charge in [0.05, 0.1) is 16.6 Å². The zero-order valence-corrected chi connectivity index (χ0v) is 12.2. The number of hydrogen-bond acceptors (Lipinski definition) is 2. The third-order valence-corrected chi connectivity index (χ3v) is 3.57. The van der Waals surface area contributed by atoms with E-state index in [-0.39, 0.29) is 5.82 Å². The van der Waals surface area contributed by atoms with Crippen LogP contribution < -0.4 is 4.74 Å². The lowest BCUT2D eigenvalue weighted by Gasteiger charge is -2.09. The van der Waals surface area contributed by atoms with Crippen molar-refractivity contribution < 1.29 is 9.13 Å². The Morgan fingerprint density at radius 1 is 0.826 bits per heavy atom. The summed E-state index contributed by atoms with van der Waals surface area (Å²) in [5.41, 5.74) is 2.73. The summed E-state index contributed by atoms with van der Waals surface area (Å²) in [6.07, 6.45) is 0. The van der Waals surface area contributed by atoms with Crippen LogP contribution in [0.4, 0.5) is 4.39 Å². The molecule has 23 heavy (non-hydrogen) atoms. The Morgan fingerprint density at radius 2 is 1.57 bits per heavy atom. The van der Waals surface area contributed by atoms with Gasteiger partial charge < -0.3 is 9.72 Å². The first-order valence-electron chi connectivity index (χ1n) is 7.27. The molecule has 3 nitrogen and oxygen atoms in total. The van der Waals surface area contributed by atoms with Gasteiger partial charge in [-0.1, -0.05) is 24.3 Å². The molecule has 0 unspecified atom stereocenters. The molecule has 4 rings (SSSR count). The monoisotopic (exact) mass is 304 g/mol. The molecule has 0 fully saturated rings. The molecule has 0 saturated heterocycles. The fraction of sp³-hybridized carbons (Fsp3) is 0. The van der Waals surface area contributed by atoms with Crippen LogP contribution in [-0.4, -0.2) is 9.97 Å². The van der Waals surface area contributed by atoms with Crippen LogP contribution in [-0.2, 0) is 0 Å². The quantitative estimate of drug-likeness (QED) is 0.567. The van der Waals surface area contributed by atoms with Crippen LogP contribution in [0, 0.1) is 5.82 Å². The van der Waals surface area contributed by atoms with Gasteiger partial charge in [0.25, 0.3) is 0 Å². The number of aromatic amines is 1. The number of nitrogens with zero attached hydrogens (tertiary/aromatic N) is 1. The fourth-order valence-electron chi connectivity index (χ4n) is 2.46. The number of H-pyrrole nitrogens is 1. The first-order valence-corrected chi connectivity index (χ1v) is 7.27. The predicted molar refractivity (Wildman–Crippen MR) is 88.0 cm³/mol. The molecule has 4 heteroatoms. The SMILES string of the molecule is Fc1ccc(Oc2ccccc2-c2nc3ccccc3[nH]2)cc1. The Hall–Kier alpha value is -3.14. The van der Waals surface area contributed by atoms with Gasteiger partial charge >= 0.3 is 0 Å². The molecule has 3 aromatic carbocycles. The van der Waals surface area contributed by atoms with Crippen molar-refractivity contribution in [1.29, 1.82) is 0 Å². The van der Waals surface area contributed by atoms with Gasteiger partial charge in [-0.2, -0.15) is 0 Å². The van der Waals surface area contributed by atoms with E-state index in [0.29, 0.717) is 11.5 Å². The highest BCUT2D eigenvalue weighted by Gasteiger charge is 2.11. The summed E-state index contributed by atoms with van der Waals surface area (Å²) < 4.78 is 18.9. The van der Waals surface area contributed by atoms with Crippen LogP contribution in [0.15, 0.2) is 72.8 Å². The summed E-state index contributed by atoms with van der Waals surface area (Å²) in [4.78, 5) is 7.90. The number of aromatic nitrogens is 2. The van der Waals surface area contributed by atoms with Crippen LogP contribution in [0.1, 0.15) is 0 Å². The number of para-hydroxylation sites is 3. The molecule has 1 heterocycles. The molecule has 0 aliphatic carbocycles. The molecule has 0 radical (unpaired) electrons. The van der Waals surface area contributed by atoms with Gasteiger partial charge in [-0.3, -0.25) is 0 Å². The molecule has 4 aromatic rings. The second-order valence-corrected chi connectivity index (χ2v) is 5.15. The van der Waals surface area contributed by atoms with E-state index < -0.39 is 0 Å². The maximum Gasteiger partial charge on any atom is 0.142 e. The lowest BCUT2D eigenvalue weighted by atomic mass is 10.2. The van der Waals surface area contributed by atoms with E-state index >= 15 is 0 Å². The third-order valence-electron chi connectivity index (χ3n) is 3.57. The van der Waals surface area contributed by atoms with Crippen molar-refractivity contribution in [3.8, 4) is 22.9 Å². The van der Waals surface area contributed by atoms with Crippen LogP contribution in [0.3, 0.4) is 0 Å². The van der Waals surface area contributed by atoms with E-state index in [4.69, 9.17) is 4.74 Å². The number of ether oxygens (including phenoxy) is 1. The third kappa shape index (κ3) is 2.66. The molecule has 1 N–H and O–H groups in total. The van der Waals surface area contributed by atoms with Crippen molar-refractivity contribution >= 4 is 11.0 Å². The molecule has 0 atom stereocenters. The predicted octanol–water partition coefficient (Wildman–Crippen LogP) is 5.16. The van der Waals surface area contributed by atoms with Crippen molar-refractivity contribution in [2.75, 3.05) is 0 Å². The van der Waals surface area contributed by atoms with E-state index in [0.717, 1.165) is 22.4 Å². The molecule has 1 aromatic heterocycles. The van der Waals surface area contributed by atoms with E-state index in [1.54, 1.807) is 12.1 Å². The molecule has 0 aliphatic heterocycles. The molecule has 0 saturated carbocycles. The maximum absolute atomic E-state index is 13.0.